The lowest BCUT2D eigenvalue weighted by Gasteiger charge is -2.63. The summed E-state index contributed by atoms with van der Waals surface area (Å²) in [6.07, 6.45) is 7.84. The molecule has 12 atom stereocenters. The summed E-state index contributed by atoms with van der Waals surface area (Å²) in [7, 11) is 0. The van der Waals surface area contributed by atoms with E-state index in [-0.39, 0.29) is 41.0 Å². The van der Waals surface area contributed by atoms with Gasteiger partial charge in [0.2, 0.25) is 0 Å². The first kappa shape index (κ1) is 24.9. The number of hydrogen-bond acceptors (Lipinski definition) is 4. The number of aliphatic hydroxyl groups excluding tert-OH is 3. The summed E-state index contributed by atoms with van der Waals surface area (Å²) in [6, 6.07) is 0. The molecule has 32 heavy (non-hydrogen) atoms. The Morgan fingerprint density at radius 2 is 1.59 bits per heavy atom. The number of aliphatic hydroxyl groups is 4. The number of hydrogen-bond donors (Lipinski definition) is 4. The quantitative estimate of drug-likeness (QED) is 0.486. The highest BCUT2D eigenvalue weighted by Crippen LogP contribution is 2.68. The maximum Gasteiger partial charge on any atom is 0.0617 e. The van der Waals surface area contributed by atoms with Gasteiger partial charge in [-0.2, -0.15) is 0 Å². The second-order valence-corrected chi connectivity index (χ2v) is 13.6. The third-order valence-corrected chi connectivity index (χ3v) is 11.8. The van der Waals surface area contributed by atoms with E-state index in [1.54, 1.807) is 0 Å². The van der Waals surface area contributed by atoms with Gasteiger partial charge >= 0.3 is 0 Å². The molecule has 4 aliphatic rings. The minimum Gasteiger partial charge on any atom is -0.393 e. The predicted octanol–water partition coefficient (Wildman–Crippen LogP) is 4.77. The molecule has 4 fully saturated rings. The Morgan fingerprint density at radius 1 is 0.906 bits per heavy atom. The normalized spacial score (nSPS) is 50.8. The Morgan fingerprint density at radius 3 is 2.25 bits per heavy atom. The van der Waals surface area contributed by atoms with Crippen LogP contribution in [0.3, 0.4) is 0 Å². The fourth-order valence-electron chi connectivity index (χ4n) is 9.20. The number of rotatable bonds is 5. The van der Waals surface area contributed by atoms with Crippen LogP contribution in [0.15, 0.2) is 0 Å². The molecule has 0 aromatic carbocycles. The van der Waals surface area contributed by atoms with Crippen LogP contribution in [0.4, 0.5) is 0 Å². The molecule has 4 heteroatoms. The highest BCUT2D eigenvalue weighted by Gasteiger charge is 2.65. The monoisotopic (exact) mass is 450 g/mol. The van der Waals surface area contributed by atoms with Gasteiger partial charge in [0.1, 0.15) is 0 Å². The van der Waals surface area contributed by atoms with Gasteiger partial charge in [0.05, 0.1) is 23.9 Å². The van der Waals surface area contributed by atoms with Crippen LogP contribution < -0.4 is 0 Å². The molecule has 4 nitrogen and oxygen atoms in total. The summed E-state index contributed by atoms with van der Waals surface area (Å²) in [5.74, 6) is 2.65. The molecule has 0 radical (unpaired) electrons. The van der Waals surface area contributed by atoms with E-state index >= 15 is 0 Å². The molecule has 5 unspecified atom stereocenters. The minimum atomic E-state index is -0.648. The van der Waals surface area contributed by atoms with Gasteiger partial charge in [-0.15, -0.1) is 0 Å². The minimum absolute atomic E-state index is 0.128. The molecule has 0 aromatic rings. The van der Waals surface area contributed by atoms with E-state index in [0.29, 0.717) is 29.6 Å². The lowest BCUT2D eigenvalue weighted by atomic mass is 9.43. The molecular formula is C28H50O4. The van der Waals surface area contributed by atoms with Crippen molar-refractivity contribution >= 4 is 0 Å². The van der Waals surface area contributed by atoms with Crippen molar-refractivity contribution in [1.29, 1.82) is 0 Å². The molecule has 0 spiro atoms. The van der Waals surface area contributed by atoms with E-state index in [2.05, 4.69) is 27.7 Å². The SMILES string of the molecule is CC(CC[C@@H](C)[C@H]1CC[C@H]2[C@@H]3C(O)CC4CC(O)CC[C@]4(C)[C@H]3CC(O)[C@]12C)C(C)(C)O. The van der Waals surface area contributed by atoms with E-state index in [0.717, 1.165) is 57.8 Å². The van der Waals surface area contributed by atoms with E-state index in [1.807, 2.05) is 13.8 Å². The van der Waals surface area contributed by atoms with Crippen LogP contribution in [0.2, 0.25) is 0 Å². The molecule has 186 valence electrons. The van der Waals surface area contributed by atoms with Gasteiger partial charge < -0.3 is 20.4 Å². The molecule has 0 aliphatic heterocycles. The molecule has 4 aliphatic carbocycles. The van der Waals surface area contributed by atoms with Gasteiger partial charge in [-0.1, -0.05) is 34.1 Å². The summed E-state index contributed by atoms with van der Waals surface area (Å²) in [4.78, 5) is 0. The average molecular weight is 451 g/mol. The van der Waals surface area contributed by atoms with Crippen LogP contribution in [-0.2, 0) is 0 Å². The molecule has 4 rings (SSSR count). The highest BCUT2D eigenvalue weighted by atomic mass is 16.3. The van der Waals surface area contributed by atoms with Crippen LogP contribution in [0.5, 0.6) is 0 Å². The lowest BCUT2D eigenvalue weighted by molar-refractivity contribution is -0.207. The Hall–Kier alpha value is -0.160. The van der Waals surface area contributed by atoms with Crippen molar-refractivity contribution < 1.29 is 20.4 Å². The zero-order valence-corrected chi connectivity index (χ0v) is 21.4. The van der Waals surface area contributed by atoms with Crippen molar-refractivity contribution in [3.8, 4) is 0 Å². The molecule has 0 heterocycles. The van der Waals surface area contributed by atoms with Crippen molar-refractivity contribution in [2.45, 2.75) is 123 Å². The maximum atomic E-state index is 11.7. The van der Waals surface area contributed by atoms with Gasteiger partial charge in [-0.3, -0.25) is 0 Å². The van der Waals surface area contributed by atoms with Gasteiger partial charge in [-0.25, -0.2) is 0 Å². The molecule has 0 aromatic heterocycles. The Labute approximate surface area is 196 Å². The summed E-state index contributed by atoms with van der Waals surface area (Å²) in [5, 5.41) is 43.7. The fraction of sp³-hybridized carbons (Fsp3) is 1.00. The summed E-state index contributed by atoms with van der Waals surface area (Å²) >= 11 is 0. The summed E-state index contributed by atoms with van der Waals surface area (Å²) in [5.41, 5.74) is -0.640. The number of fused-ring (bicyclic) bond motifs is 5. The van der Waals surface area contributed by atoms with Crippen molar-refractivity contribution in [1.82, 2.24) is 0 Å². The first-order valence-electron chi connectivity index (χ1n) is 13.6. The van der Waals surface area contributed by atoms with E-state index in [9.17, 15) is 20.4 Å². The zero-order chi connectivity index (χ0) is 23.6. The average Bonchev–Trinajstić information content (AvgIpc) is 3.06. The third kappa shape index (κ3) is 3.89. The summed E-state index contributed by atoms with van der Waals surface area (Å²) < 4.78 is 0. The fourth-order valence-corrected chi connectivity index (χ4v) is 9.20. The van der Waals surface area contributed by atoms with Crippen molar-refractivity contribution in [3.63, 3.8) is 0 Å². The van der Waals surface area contributed by atoms with Crippen LogP contribution in [-0.4, -0.2) is 44.3 Å². The first-order valence-corrected chi connectivity index (χ1v) is 13.6. The van der Waals surface area contributed by atoms with E-state index < -0.39 is 5.60 Å². The van der Waals surface area contributed by atoms with Crippen LogP contribution in [0, 0.1) is 52.3 Å². The molecule has 4 saturated carbocycles. The van der Waals surface area contributed by atoms with Crippen LogP contribution in [0.1, 0.15) is 99.3 Å². The van der Waals surface area contributed by atoms with Crippen LogP contribution >= 0.6 is 0 Å². The van der Waals surface area contributed by atoms with Crippen LogP contribution in [0.25, 0.3) is 0 Å². The lowest BCUT2D eigenvalue weighted by Crippen LogP contribution is -2.62. The first-order chi connectivity index (χ1) is 14.8. The topological polar surface area (TPSA) is 80.9 Å². The van der Waals surface area contributed by atoms with E-state index in [4.69, 9.17) is 0 Å². The largest absolute Gasteiger partial charge is 0.393 e. The Kier molecular flexibility index (Phi) is 6.63. The van der Waals surface area contributed by atoms with Crippen molar-refractivity contribution in [3.05, 3.63) is 0 Å². The molecule has 0 bridgehead atoms. The Bertz CT molecular complexity index is 673. The van der Waals surface area contributed by atoms with E-state index in [1.165, 1.54) is 0 Å². The molecule has 0 amide bonds. The molecular weight excluding hydrogens is 400 g/mol. The van der Waals surface area contributed by atoms with Gasteiger partial charge in [0.25, 0.3) is 0 Å². The molecule has 4 N–H and O–H groups in total. The van der Waals surface area contributed by atoms with Gasteiger partial charge in [0, 0.05) is 0 Å². The molecule has 0 saturated heterocycles. The second-order valence-electron chi connectivity index (χ2n) is 13.6. The van der Waals surface area contributed by atoms with Crippen molar-refractivity contribution in [2.24, 2.45) is 52.3 Å². The second kappa shape index (κ2) is 8.50. The van der Waals surface area contributed by atoms with Gasteiger partial charge in [-0.05, 0) is 117 Å². The summed E-state index contributed by atoms with van der Waals surface area (Å²) in [6.45, 7) is 13.0. The standard InChI is InChI=1S/C28H50O4/c1-16(7-8-17(2)26(3,4)32)20-9-10-21-25-22(15-24(31)28(20,21)6)27(5)12-11-19(29)13-18(27)14-23(25)30/h16-25,29-32H,7-15H2,1-6H3/t16-,17?,18?,19?,20-,21+,22+,23?,24?,25+,27+,28-/m1/s1. The third-order valence-electron chi connectivity index (χ3n) is 11.8. The smallest absolute Gasteiger partial charge is 0.0617 e. The Balaban J connectivity index is 1.54. The maximum absolute atomic E-state index is 11.7. The van der Waals surface area contributed by atoms with Crippen molar-refractivity contribution in [2.75, 3.05) is 0 Å². The highest BCUT2D eigenvalue weighted by molar-refractivity contribution is 5.14. The zero-order valence-electron chi connectivity index (χ0n) is 21.4. The van der Waals surface area contributed by atoms with Gasteiger partial charge in [0.15, 0.2) is 0 Å². The predicted molar refractivity (Wildman–Crippen MR) is 128 cm³/mol.